The second kappa shape index (κ2) is 6.16. The molecule has 1 aliphatic rings. The van der Waals surface area contributed by atoms with Gasteiger partial charge in [-0.15, -0.1) is 0 Å². The second-order valence-corrected chi connectivity index (χ2v) is 5.55. The van der Waals surface area contributed by atoms with E-state index in [0.717, 1.165) is 5.76 Å². The number of likely N-dealkylation sites (tertiary alicyclic amines) is 1. The highest BCUT2D eigenvalue weighted by molar-refractivity contribution is 5.91. The van der Waals surface area contributed by atoms with Gasteiger partial charge >= 0.3 is 5.97 Å². The van der Waals surface area contributed by atoms with Gasteiger partial charge in [0.15, 0.2) is 0 Å². The van der Waals surface area contributed by atoms with Crippen molar-refractivity contribution in [3.8, 4) is 0 Å². The number of nitrogens with zero attached hydrogens (tertiary/aromatic N) is 1. The first-order valence-corrected chi connectivity index (χ1v) is 7.24. The Morgan fingerprint density at radius 2 is 2.05 bits per heavy atom. The molecule has 0 aliphatic carbocycles. The molecule has 0 unspecified atom stereocenters. The number of amides is 1. The van der Waals surface area contributed by atoms with Gasteiger partial charge in [0.1, 0.15) is 11.5 Å². The van der Waals surface area contributed by atoms with E-state index in [-0.39, 0.29) is 5.91 Å². The highest BCUT2D eigenvalue weighted by Crippen LogP contribution is 2.35. The Kier molecular flexibility index (Phi) is 4.50. The zero-order valence-corrected chi connectivity index (χ0v) is 12.5. The second-order valence-electron chi connectivity index (χ2n) is 5.55. The average Bonchev–Trinajstić information content (AvgIpc) is 2.90. The molecular weight excluding hydrogens is 270 g/mol. The van der Waals surface area contributed by atoms with E-state index in [0.29, 0.717) is 38.1 Å². The van der Waals surface area contributed by atoms with Gasteiger partial charge in [0, 0.05) is 19.2 Å². The molecule has 0 spiro atoms. The van der Waals surface area contributed by atoms with Crippen LogP contribution in [0.1, 0.15) is 37.7 Å². The van der Waals surface area contributed by atoms with E-state index in [1.54, 1.807) is 11.0 Å². The Bertz CT molecular complexity index is 550. The number of hydrogen-bond donors (Lipinski definition) is 1. The van der Waals surface area contributed by atoms with Crippen LogP contribution in [-0.4, -0.2) is 35.0 Å². The van der Waals surface area contributed by atoms with Crippen LogP contribution >= 0.6 is 0 Å². The number of rotatable bonds is 4. The quantitative estimate of drug-likeness (QED) is 0.866. The molecule has 0 aromatic carbocycles. The van der Waals surface area contributed by atoms with Crippen molar-refractivity contribution in [2.24, 2.45) is 5.41 Å². The third kappa shape index (κ3) is 3.35. The maximum absolute atomic E-state index is 12.1. The van der Waals surface area contributed by atoms with E-state index in [1.807, 2.05) is 26.0 Å². The first kappa shape index (κ1) is 15.4. The van der Waals surface area contributed by atoms with Gasteiger partial charge in [0.05, 0.1) is 5.41 Å². The summed E-state index contributed by atoms with van der Waals surface area (Å²) in [6.07, 6.45) is 4.76. The van der Waals surface area contributed by atoms with Crippen LogP contribution in [0.25, 0.3) is 6.08 Å². The molecule has 5 nitrogen and oxygen atoms in total. The summed E-state index contributed by atoms with van der Waals surface area (Å²) < 4.78 is 5.37. The molecule has 114 valence electrons. The van der Waals surface area contributed by atoms with Crippen LogP contribution in [-0.2, 0) is 9.59 Å². The molecule has 0 bridgehead atoms. The Morgan fingerprint density at radius 3 is 2.52 bits per heavy atom. The maximum atomic E-state index is 12.1. The summed E-state index contributed by atoms with van der Waals surface area (Å²) in [4.78, 5) is 25.2. The lowest BCUT2D eigenvalue weighted by Gasteiger charge is -2.37. The Labute approximate surface area is 124 Å². The predicted molar refractivity (Wildman–Crippen MR) is 78.7 cm³/mol. The first-order chi connectivity index (χ1) is 9.97. The van der Waals surface area contributed by atoms with Crippen LogP contribution in [0.5, 0.6) is 0 Å². The lowest BCUT2D eigenvalue weighted by Crippen LogP contribution is -2.45. The Morgan fingerprint density at radius 1 is 1.38 bits per heavy atom. The Hall–Kier alpha value is -2.04. The van der Waals surface area contributed by atoms with Crippen LogP contribution in [0.4, 0.5) is 0 Å². The van der Waals surface area contributed by atoms with E-state index >= 15 is 0 Å². The molecule has 1 aliphatic heterocycles. The van der Waals surface area contributed by atoms with Gasteiger partial charge in [0.2, 0.25) is 5.91 Å². The van der Waals surface area contributed by atoms with Crippen LogP contribution in [0.3, 0.4) is 0 Å². The first-order valence-electron chi connectivity index (χ1n) is 7.24. The normalized spacial score (nSPS) is 18.1. The van der Waals surface area contributed by atoms with E-state index in [4.69, 9.17) is 4.42 Å². The van der Waals surface area contributed by atoms with Crippen LogP contribution in [0, 0.1) is 12.3 Å². The molecule has 21 heavy (non-hydrogen) atoms. The van der Waals surface area contributed by atoms with Crippen molar-refractivity contribution in [2.75, 3.05) is 13.1 Å². The fourth-order valence-corrected chi connectivity index (χ4v) is 2.68. The number of hydrogen-bond acceptors (Lipinski definition) is 3. The topological polar surface area (TPSA) is 70.8 Å². The summed E-state index contributed by atoms with van der Waals surface area (Å²) in [5.74, 6) is 0.596. The maximum Gasteiger partial charge on any atom is 0.309 e. The van der Waals surface area contributed by atoms with Gasteiger partial charge in [0.25, 0.3) is 0 Å². The standard InChI is InChI=1S/C16H21NO4/c1-3-16(15(19)20)8-10-17(11-9-16)14(18)7-6-13-5-4-12(2)21-13/h4-7H,3,8-11H2,1-2H3,(H,19,20). The third-order valence-electron chi connectivity index (χ3n) is 4.31. The van der Waals surface area contributed by atoms with Gasteiger partial charge in [-0.3, -0.25) is 9.59 Å². The van der Waals surface area contributed by atoms with Crippen molar-refractivity contribution in [3.05, 3.63) is 29.7 Å². The summed E-state index contributed by atoms with van der Waals surface area (Å²) in [5.41, 5.74) is -0.668. The fraction of sp³-hybridized carbons (Fsp3) is 0.500. The molecule has 0 atom stereocenters. The van der Waals surface area contributed by atoms with Crippen LogP contribution in [0.15, 0.2) is 22.6 Å². The van der Waals surface area contributed by atoms with E-state index in [1.165, 1.54) is 6.08 Å². The number of carboxylic acid groups (broad SMARTS) is 1. The number of carbonyl (C=O) groups is 2. The highest BCUT2D eigenvalue weighted by Gasteiger charge is 2.40. The van der Waals surface area contributed by atoms with Gasteiger partial charge < -0.3 is 14.4 Å². The number of aliphatic carboxylic acids is 1. The molecule has 2 heterocycles. The number of carboxylic acids is 1. The van der Waals surface area contributed by atoms with Crippen molar-refractivity contribution >= 4 is 18.0 Å². The average molecular weight is 291 g/mol. The minimum absolute atomic E-state index is 0.0980. The Balaban J connectivity index is 1.94. The van der Waals surface area contributed by atoms with E-state index in [2.05, 4.69) is 0 Å². The van der Waals surface area contributed by atoms with Crippen molar-refractivity contribution in [1.29, 1.82) is 0 Å². The van der Waals surface area contributed by atoms with Crippen molar-refractivity contribution < 1.29 is 19.1 Å². The number of aryl methyl sites for hydroxylation is 1. The fourth-order valence-electron chi connectivity index (χ4n) is 2.68. The summed E-state index contributed by atoms with van der Waals surface area (Å²) in [5, 5.41) is 9.34. The van der Waals surface area contributed by atoms with Gasteiger partial charge in [-0.05, 0) is 44.4 Å². The molecule has 1 N–H and O–H groups in total. The molecule has 1 aromatic heterocycles. The number of piperidine rings is 1. The minimum Gasteiger partial charge on any atom is -0.481 e. The molecule has 1 aromatic rings. The minimum atomic E-state index is -0.751. The van der Waals surface area contributed by atoms with E-state index < -0.39 is 11.4 Å². The zero-order chi connectivity index (χ0) is 15.5. The van der Waals surface area contributed by atoms with Crippen LogP contribution < -0.4 is 0 Å². The predicted octanol–water partition coefficient (Wildman–Crippen LogP) is 2.70. The molecule has 1 saturated heterocycles. The monoisotopic (exact) mass is 291 g/mol. The molecule has 5 heteroatoms. The third-order valence-corrected chi connectivity index (χ3v) is 4.31. The molecule has 0 radical (unpaired) electrons. The van der Waals surface area contributed by atoms with Gasteiger partial charge in [-0.25, -0.2) is 0 Å². The number of furan rings is 1. The van der Waals surface area contributed by atoms with E-state index in [9.17, 15) is 14.7 Å². The largest absolute Gasteiger partial charge is 0.481 e. The highest BCUT2D eigenvalue weighted by atomic mass is 16.4. The molecule has 0 saturated carbocycles. The summed E-state index contributed by atoms with van der Waals surface area (Å²) in [6, 6.07) is 3.65. The summed E-state index contributed by atoms with van der Waals surface area (Å²) in [6.45, 7) is 4.71. The van der Waals surface area contributed by atoms with Gasteiger partial charge in [-0.1, -0.05) is 6.92 Å². The summed E-state index contributed by atoms with van der Waals surface area (Å²) in [7, 11) is 0. The summed E-state index contributed by atoms with van der Waals surface area (Å²) >= 11 is 0. The number of carbonyl (C=O) groups excluding carboxylic acids is 1. The van der Waals surface area contributed by atoms with Crippen LogP contribution in [0.2, 0.25) is 0 Å². The smallest absolute Gasteiger partial charge is 0.309 e. The lowest BCUT2D eigenvalue weighted by atomic mass is 9.76. The van der Waals surface area contributed by atoms with Crippen molar-refractivity contribution in [1.82, 2.24) is 4.90 Å². The van der Waals surface area contributed by atoms with Gasteiger partial charge in [-0.2, -0.15) is 0 Å². The molecule has 1 amide bonds. The lowest BCUT2D eigenvalue weighted by molar-refractivity contribution is -0.154. The van der Waals surface area contributed by atoms with Crippen molar-refractivity contribution in [2.45, 2.75) is 33.1 Å². The molecular formula is C16H21NO4. The SMILES string of the molecule is CCC1(C(=O)O)CCN(C(=O)C=Cc2ccc(C)o2)CC1. The van der Waals surface area contributed by atoms with Crippen molar-refractivity contribution in [3.63, 3.8) is 0 Å². The molecule has 1 fully saturated rings. The molecule has 2 rings (SSSR count). The zero-order valence-electron chi connectivity index (χ0n) is 12.5.